The molecule has 0 aromatic heterocycles. The predicted octanol–water partition coefficient (Wildman–Crippen LogP) is 3.21. The Bertz CT molecular complexity index is 429. The number of benzene rings is 1. The summed E-state index contributed by atoms with van der Waals surface area (Å²) in [5.41, 5.74) is 2.87. The Balaban J connectivity index is 1.68. The second-order valence-corrected chi connectivity index (χ2v) is 6.63. The van der Waals surface area contributed by atoms with Crippen LogP contribution in [0.15, 0.2) is 18.2 Å². The fourth-order valence-corrected chi connectivity index (χ4v) is 3.10. The van der Waals surface area contributed by atoms with Crippen molar-refractivity contribution in [3.63, 3.8) is 0 Å². The predicted molar refractivity (Wildman–Crippen MR) is 86.9 cm³/mol. The quantitative estimate of drug-likeness (QED) is 0.773. The highest BCUT2D eigenvalue weighted by atomic mass is 16.5. The van der Waals surface area contributed by atoms with Gasteiger partial charge in [-0.1, -0.05) is 19.4 Å². The highest BCUT2D eigenvalue weighted by Crippen LogP contribution is 2.42. The van der Waals surface area contributed by atoms with Crippen molar-refractivity contribution < 1.29 is 9.84 Å². The van der Waals surface area contributed by atoms with Crippen molar-refractivity contribution in [3.8, 4) is 5.75 Å². The Hall–Kier alpha value is -1.06. The van der Waals surface area contributed by atoms with E-state index < -0.39 is 6.10 Å². The normalized spacial score (nSPS) is 18.1. The highest BCUT2D eigenvalue weighted by Gasteiger charge is 2.34. The van der Waals surface area contributed by atoms with Crippen LogP contribution in [-0.2, 0) is 0 Å². The van der Waals surface area contributed by atoms with Gasteiger partial charge in [-0.25, -0.2) is 0 Å². The molecule has 3 nitrogen and oxygen atoms in total. The molecule has 2 N–H and O–H groups in total. The molecule has 0 spiro atoms. The lowest BCUT2D eigenvalue weighted by Gasteiger charge is -2.41. The molecule has 1 aliphatic carbocycles. The van der Waals surface area contributed by atoms with E-state index in [-0.39, 0.29) is 0 Å². The molecule has 21 heavy (non-hydrogen) atoms. The van der Waals surface area contributed by atoms with E-state index in [1.807, 2.05) is 12.1 Å². The van der Waals surface area contributed by atoms with Crippen LogP contribution in [0.2, 0.25) is 0 Å². The van der Waals surface area contributed by atoms with Gasteiger partial charge < -0.3 is 15.2 Å². The van der Waals surface area contributed by atoms with Crippen molar-refractivity contribution in [2.75, 3.05) is 19.7 Å². The fourth-order valence-electron chi connectivity index (χ4n) is 3.10. The van der Waals surface area contributed by atoms with Gasteiger partial charge in [-0.15, -0.1) is 0 Å². The fraction of sp³-hybridized carbons (Fsp3) is 0.667. The molecule has 1 aromatic rings. The zero-order valence-corrected chi connectivity index (χ0v) is 13.6. The van der Waals surface area contributed by atoms with Crippen LogP contribution in [0.1, 0.15) is 43.7 Å². The maximum atomic E-state index is 10.0. The number of hydrogen-bond donors (Lipinski definition) is 2. The molecule has 2 rings (SSSR count). The minimum absolute atomic E-state index is 0.342. The van der Waals surface area contributed by atoms with Crippen molar-refractivity contribution in [1.29, 1.82) is 0 Å². The number of rotatable bonds is 8. The van der Waals surface area contributed by atoms with Gasteiger partial charge >= 0.3 is 0 Å². The van der Waals surface area contributed by atoms with Gasteiger partial charge in [-0.05, 0) is 61.8 Å². The van der Waals surface area contributed by atoms with Gasteiger partial charge in [0.05, 0.1) is 0 Å². The van der Waals surface area contributed by atoms with Gasteiger partial charge in [-0.3, -0.25) is 0 Å². The molecule has 1 aliphatic rings. The SMILES string of the molecule is CCC1(CNCC(O)COc2cc(C)cc(C)c2)CCC1. The van der Waals surface area contributed by atoms with E-state index in [1.54, 1.807) is 0 Å². The molecule has 118 valence electrons. The molecule has 0 radical (unpaired) electrons. The molecule has 0 saturated heterocycles. The van der Waals surface area contributed by atoms with Crippen molar-refractivity contribution in [3.05, 3.63) is 29.3 Å². The molecule has 0 bridgehead atoms. The summed E-state index contributed by atoms with van der Waals surface area (Å²) < 4.78 is 5.69. The molecule has 1 atom stereocenters. The number of ether oxygens (including phenoxy) is 1. The zero-order valence-electron chi connectivity index (χ0n) is 13.6. The second kappa shape index (κ2) is 7.28. The molecule has 1 aromatic carbocycles. The van der Waals surface area contributed by atoms with E-state index in [0.717, 1.165) is 12.3 Å². The smallest absolute Gasteiger partial charge is 0.119 e. The molecule has 1 unspecified atom stereocenters. The van der Waals surface area contributed by atoms with E-state index in [1.165, 1.54) is 36.8 Å². The van der Waals surface area contributed by atoms with Gasteiger partial charge in [0, 0.05) is 13.1 Å². The molecular weight excluding hydrogens is 262 g/mol. The summed E-state index contributed by atoms with van der Waals surface area (Å²) in [4.78, 5) is 0. The first-order valence-corrected chi connectivity index (χ1v) is 8.13. The van der Waals surface area contributed by atoms with E-state index in [9.17, 15) is 5.11 Å². The van der Waals surface area contributed by atoms with Gasteiger partial charge in [0.1, 0.15) is 18.5 Å². The number of aliphatic hydroxyl groups excluding tert-OH is 1. The van der Waals surface area contributed by atoms with Crippen molar-refractivity contribution in [1.82, 2.24) is 5.32 Å². The van der Waals surface area contributed by atoms with Gasteiger partial charge in [0.15, 0.2) is 0 Å². The van der Waals surface area contributed by atoms with E-state index in [0.29, 0.717) is 18.6 Å². The van der Waals surface area contributed by atoms with Crippen LogP contribution >= 0.6 is 0 Å². The molecular formula is C18H29NO2. The summed E-state index contributed by atoms with van der Waals surface area (Å²) in [6.07, 6.45) is 4.78. The van der Waals surface area contributed by atoms with E-state index in [2.05, 4.69) is 32.2 Å². The number of aliphatic hydroxyl groups is 1. The summed E-state index contributed by atoms with van der Waals surface area (Å²) in [6.45, 7) is 8.34. The van der Waals surface area contributed by atoms with Crippen LogP contribution < -0.4 is 10.1 Å². The maximum absolute atomic E-state index is 10.0. The summed E-state index contributed by atoms with van der Waals surface area (Å²) in [6, 6.07) is 6.13. The zero-order chi connectivity index (χ0) is 15.3. The minimum atomic E-state index is -0.459. The van der Waals surface area contributed by atoms with Crippen molar-refractivity contribution in [2.45, 2.75) is 52.6 Å². The Morgan fingerprint density at radius 2 is 1.90 bits per heavy atom. The van der Waals surface area contributed by atoms with Gasteiger partial charge in [0.25, 0.3) is 0 Å². The first-order valence-electron chi connectivity index (χ1n) is 8.13. The monoisotopic (exact) mass is 291 g/mol. The average Bonchev–Trinajstić information content (AvgIpc) is 2.38. The molecule has 3 heteroatoms. The van der Waals surface area contributed by atoms with E-state index in [4.69, 9.17) is 4.74 Å². The Kier molecular flexibility index (Phi) is 5.65. The molecule has 0 amide bonds. The molecule has 1 fully saturated rings. The molecule has 0 aliphatic heterocycles. The highest BCUT2D eigenvalue weighted by molar-refractivity contribution is 5.32. The first kappa shape index (κ1) is 16.3. The molecule has 1 saturated carbocycles. The van der Waals surface area contributed by atoms with Crippen LogP contribution in [0.25, 0.3) is 0 Å². The average molecular weight is 291 g/mol. The third-order valence-electron chi connectivity index (χ3n) is 4.68. The Labute approximate surface area is 128 Å². The van der Waals surface area contributed by atoms with E-state index >= 15 is 0 Å². The largest absolute Gasteiger partial charge is 0.491 e. The lowest BCUT2D eigenvalue weighted by Crippen LogP contribution is -2.42. The van der Waals surface area contributed by atoms with Gasteiger partial charge in [-0.2, -0.15) is 0 Å². The van der Waals surface area contributed by atoms with Crippen LogP contribution in [0, 0.1) is 19.3 Å². The van der Waals surface area contributed by atoms with Crippen LogP contribution in [-0.4, -0.2) is 30.9 Å². The third kappa shape index (κ3) is 4.72. The summed E-state index contributed by atoms with van der Waals surface area (Å²) >= 11 is 0. The van der Waals surface area contributed by atoms with Crippen molar-refractivity contribution >= 4 is 0 Å². The molecule has 0 heterocycles. The lowest BCUT2D eigenvalue weighted by molar-refractivity contribution is 0.0869. The minimum Gasteiger partial charge on any atom is -0.491 e. The van der Waals surface area contributed by atoms with Gasteiger partial charge in [0.2, 0.25) is 0 Å². The first-order chi connectivity index (χ1) is 10.0. The number of aryl methyl sites for hydroxylation is 2. The number of hydrogen-bond acceptors (Lipinski definition) is 3. The van der Waals surface area contributed by atoms with Crippen LogP contribution in [0.3, 0.4) is 0 Å². The Morgan fingerprint density at radius 3 is 2.43 bits per heavy atom. The maximum Gasteiger partial charge on any atom is 0.119 e. The van der Waals surface area contributed by atoms with Crippen LogP contribution in [0.5, 0.6) is 5.75 Å². The summed E-state index contributed by atoms with van der Waals surface area (Å²) in [7, 11) is 0. The van der Waals surface area contributed by atoms with Crippen LogP contribution in [0.4, 0.5) is 0 Å². The van der Waals surface area contributed by atoms with Crippen molar-refractivity contribution in [2.24, 2.45) is 5.41 Å². The Morgan fingerprint density at radius 1 is 1.24 bits per heavy atom. The topological polar surface area (TPSA) is 41.5 Å². The number of nitrogens with one attached hydrogen (secondary N) is 1. The summed E-state index contributed by atoms with van der Waals surface area (Å²) in [5.74, 6) is 0.843. The summed E-state index contributed by atoms with van der Waals surface area (Å²) in [5, 5.41) is 13.4. The third-order valence-corrected chi connectivity index (χ3v) is 4.68. The second-order valence-electron chi connectivity index (χ2n) is 6.63. The lowest BCUT2D eigenvalue weighted by atomic mass is 9.67. The standard InChI is InChI=1S/C18H29NO2/c1-4-18(6-5-7-18)13-19-11-16(20)12-21-17-9-14(2)8-15(3)10-17/h8-10,16,19-20H,4-7,11-13H2,1-3H3.